The molecule has 1 aromatic rings. The number of nitro groups is 1. The van der Waals surface area contributed by atoms with Gasteiger partial charge in [-0.15, -0.1) is 0 Å². The number of benzene rings is 1. The molecule has 1 saturated heterocycles. The minimum absolute atomic E-state index is 0.0389. The van der Waals surface area contributed by atoms with Gasteiger partial charge in [0.15, 0.2) is 0 Å². The Bertz CT molecular complexity index is 657. The van der Waals surface area contributed by atoms with Crippen molar-refractivity contribution in [1.29, 1.82) is 0 Å². The fourth-order valence-electron chi connectivity index (χ4n) is 2.59. The van der Waals surface area contributed by atoms with Crippen molar-refractivity contribution in [3.8, 4) is 0 Å². The van der Waals surface area contributed by atoms with Crippen molar-refractivity contribution < 1.29 is 18.4 Å². The molecule has 1 N–H and O–H groups in total. The number of aliphatic hydroxyl groups excluding tert-OH is 1. The van der Waals surface area contributed by atoms with Gasteiger partial charge in [-0.2, -0.15) is 4.31 Å². The maximum atomic E-state index is 12.6. The summed E-state index contributed by atoms with van der Waals surface area (Å²) in [6.45, 7) is 3.63. The molecule has 1 aliphatic rings. The lowest BCUT2D eigenvalue weighted by Crippen LogP contribution is -2.31. The van der Waals surface area contributed by atoms with Gasteiger partial charge in [0, 0.05) is 24.7 Å². The lowest BCUT2D eigenvalue weighted by atomic mass is 10.0. The Balaban J connectivity index is 2.38. The molecule has 2 unspecified atom stereocenters. The summed E-state index contributed by atoms with van der Waals surface area (Å²) in [6, 6.07) is 4.05. The van der Waals surface area contributed by atoms with Crippen LogP contribution in [-0.4, -0.2) is 41.9 Å². The lowest BCUT2D eigenvalue weighted by molar-refractivity contribution is -0.385. The molecule has 1 fully saturated rings. The van der Waals surface area contributed by atoms with Crippen LogP contribution >= 0.6 is 0 Å². The molecule has 0 amide bonds. The Morgan fingerprint density at radius 3 is 2.67 bits per heavy atom. The van der Waals surface area contributed by atoms with Gasteiger partial charge in [0.1, 0.15) is 0 Å². The Labute approximate surface area is 123 Å². The highest BCUT2D eigenvalue weighted by Crippen LogP contribution is 2.30. The van der Waals surface area contributed by atoms with Crippen LogP contribution in [0.5, 0.6) is 0 Å². The zero-order valence-corrected chi connectivity index (χ0v) is 12.7. The highest BCUT2D eigenvalue weighted by Gasteiger charge is 2.36. The summed E-state index contributed by atoms with van der Waals surface area (Å²) in [5.74, 6) is -0.0984. The molecule has 1 aromatic carbocycles. The van der Waals surface area contributed by atoms with E-state index in [2.05, 4.69) is 0 Å². The van der Waals surface area contributed by atoms with Crippen molar-refractivity contribution in [2.75, 3.05) is 13.1 Å². The third-order valence-electron chi connectivity index (χ3n) is 3.94. The molecule has 2 atom stereocenters. The zero-order valence-electron chi connectivity index (χ0n) is 11.9. The van der Waals surface area contributed by atoms with Gasteiger partial charge in [-0.05, 0) is 32.3 Å². The first-order chi connectivity index (χ1) is 9.75. The van der Waals surface area contributed by atoms with Crippen LogP contribution in [0.25, 0.3) is 0 Å². The van der Waals surface area contributed by atoms with Crippen molar-refractivity contribution in [1.82, 2.24) is 4.31 Å². The lowest BCUT2D eigenvalue weighted by Gasteiger charge is -2.18. The minimum atomic E-state index is -3.77. The van der Waals surface area contributed by atoms with E-state index < -0.39 is 21.1 Å². The SMILES string of the molecule is Cc1c([N+](=O)[O-])cccc1S(=O)(=O)N1CCC(C(C)O)C1. The van der Waals surface area contributed by atoms with Gasteiger partial charge in [-0.1, -0.05) is 6.07 Å². The Morgan fingerprint density at radius 2 is 2.14 bits per heavy atom. The normalized spacial score (nSPS) is 21.4. The molecule has 1 heterocycles. The first-order valence-corrected chi connectivity index (χ1v) is 8.11. The second kappa shape index (κ2) is 5.70. The number of nitro benzene ring substituents is 1. The molecule has 116 valence electrons. The molecule has 0 radical (unpaired) electrons. The molecule has 8 heteroatoms. The van der Waals surface area contributed by atoms with Crippen LogP contribution < -0.4 is 0 Å². The van der Waals surface area contributed by atoms with Crippen molar-refractivity contribution in [3.05, 3.63) is 33.9 Å². The van der Waals surface area contributed by atoms with E-state index in [4.69, 9.17) is 0 Å². The molecule has 7 nitrogen and oxygen atoms in total. The van der Waals surface area contributed by atoms with Crippen molar-refractivity contribution in [3.63, 3.8) is 0 Å². The van der Waals surface area contributed by atoms with Crippen LogP contribution in [0.15, 0.2) is 23.1 Å². The summed E-state index contributed by atoms with van der Waals surface area (Å²) in [7, 11) is -3.77. The first-order valence-electron chi connectivity index (χ1n) is 6.67. The molecule has 0 aliphatic carbocycles. The van der Waals surface area contributed by atoms with Crippen LogP contribution in [0.1, 0.15) is 18.9 Å². The van der Waals surface area contributed by atoms with Gasteiger partial charge in [-0.3, -0.25) is 10.1 Å². The van der Waals surface area contributed by atoms with E-state index in [-0.39, 0.29) is 28.6 Å². The van der Waals surface area contributed by atoms with E-state index in [1.807, 2.05) is 0 Å². The molecule has 1 aliphatic heterocycles. The number of hydrogen-bond donors (Lipinski definition) is 1. The molecule has 21 heavy (non-hydrogen) atoms. The summed E-state index contributed by atoms with van der Waals surface area (Å²) in [6.07, 6.45) is 0.0154. The maximum absolute atomic E-state index is 12.6. The molecule has 2 rings (SSSR count). The van der Waals surface area contributed by atoms with Crippen molar-refractivity contribution in [2.45, 2.75) is 31.3 Å². The summed E-state index contributed by atoms with van der Waals surface area (Å²) >= 11 is 0. The molecular weight excluding hydrogens is 296 g/mol. The van der Waals surface area contributed by atoms with E-state index in [1.54, 1.807) is 6.92 Å². The Morgan fingerprint density at radius 1 is 1.48 bits per heavy atom. The Hall–Kier alpha value is -1.51. The first kappa shape index (κ1) is 15.9. The second-order valence-corrected chi connectivity index (χ2v) is 7.22. The second-order valence-electron chi connectivity index (χ2n) is 5.31. The quantitative estimate of drug-likeness (QED) is 0.666. The number of aliphatic hydroxyl groups is 1. The number of rotatable bonds is 4. The third kappa shape index (κ3) is 2.92. The van der Waals surface area contributed by atoms with Crippen LogP contribution in [0.4, 0.5) is 5.69 Å². The molecular formula is C13H18N2O5S. The fourth-order valence-corrected chi connectivity index (χ4v) is 4.34. The average Bonchev–Trinajstić information content (AvgIpc) is 2.88. The van der Waals surface area contributed by atoms with Crippen molar-refractivity contribution in [2.24, 2.45) is 5.92 Å². The summed E-state index contributed by atoms with van der Waals surface area (Å²) in [4.78, 5) is 10.3. The number of hydrogen-bond acceptors (Lipinski definition) is 5. The van der Waals surface area contributed by atoms with E-state index in [1.165, 1.54) is 29.4 Å². The molecule has 0 bridgehead atoms. The zero-order chi connectivity index (χ0) is 15.8. The monoisotopic (exact) mass is 314 g/mol. The van der Waals surface area contributed by atoms with E-state index in [0.717, 1.165) is 0 Å². The predicted molar refractivity (Wildman–Crippen MR) is 76.4 cm³/mol. The van der Waals surface area contributed by atoms with Crippen LogP contribution in [0.3, 0.4) is 0 Å². The standard InChI is InChI=1S/C13H18N2O5S/c1-9-12(15(17)18)4-3-5-13(9)21(19,20)14-7-6-11(8-14)10(2)16/h3-5,10-11,16H,6-8H2,1-2H3. The van der Waals surface area contributed by atoms with Gasteiger partial charge in [0.2, 0.25) is 10.0 Å². The van der Waals surface area contributed by atoms with Gasteiger partial charge < -0.3 is 5.11 Å². The average molecular weight is 314 g/mol. The third-order valence-corrected chi connectivity index (χ3v) is 5.95. The van der Waals surface area contributed by atoms with Crippen LogP contribution in [0, 0.1) is 23.0 Å². The van der Waals surface area contributed by atoms with Crippen LogP contribution in [0.2, 0.25) is 0 Å². The molecule has 0 saturated carbocycles. The maximum Gasteiger partial charge on any atom is 0.273 e. The van der Waals surface area contributed by atoms with Gasteiger partial charge in [-0.25, -0.2) is 8.42 Å². The number of sulfonamides is 1. The highest BCUT2D eigenvalue weighted by molar-refractivity contribution is 7.89. The minimum Gasteiger partial charge on any atom is -0.393 e. The Kier molecular flexibility index (Phi) is 4.31. The van der Waals surface area contributed by atoms with Gasteiger partial charge in [0.25, 0.3) is 5.69 Å². The number of nitrogens with zero attached hydrogens (tertiary/aromatic N) is 2. The van der Waals surface area contributed by atoms with Gasteiger partial charge in [0.05, 0.1) is 15.9 Å². The smallest absolute Gasteiger partial charge is 0.273 e. The molecule has 0 spiro atoms. The van der Waals surface area contributed by atoms with Gasteiger partial charge >= 0.3 is 0 Å². The van der Waals surface area contributed by atoms with E-state index in [0.29, 0.717) is 13.0 Å². The summed E-state index contributed by atoms with van der Waals surface area (Å²) in [5, 5.41) is 20.5. The van der Waals surface area contributed by atoms with E-state index >= 15 is 0 Å². The summed E-state index contributed by atoms with van der Waals surface area (Å²) in [5.41, 5.74) is -0.0645. The fraction of sp³-hybridized carbons (Fsp3) is 0.538. The topological polar surface area (TPSA) is 101 Å². The largest absolute Gasteiger partial charge is 0.393 e. The predicted octanol–water partition coefficient (Wildman–Crippen LogP) is 1.29. The summed E-state index contributed by atoms with van der Waals surface area (Å²) < 4.78 is 26.5. The van der Waals surface area contributed by atoms with Crippen molar-refractivity contribution >= 4 is 15.7 Å². The van der Waals surface area contributed by atoms with E-state index in [9.17, 15) is 23.6 Å². The van der Waals surface area contributed by atoms with Crippen LogP contribution in [-0.2, 0) is 10.0 Å². The molecule has 0 aromatic heterocycles. The highest BCUT2D eigenvalue weighted by atomic mass is 32.2.